The molecule has 3 atom stereocenters. The zero-order chi connectivity index (χ0) is 64.9. The number of carbonyl (C=O) groups excluding carboxylic acids is 8. The number of amides is 5. The molecule has 2 saturated heterocycles. The molecule has 0 aliphatic carbocycles. The van der Waals surface area contributed by atoms with Crippen molar-refractivity contribution < 1.29 is 52.6 Å². The summed E-state index contributed by atoms with van der Waals surface area (Å²) in [7, 11) is 3.10. The van der Waals surface area contributed by atoms with Crippen LogP contribution in [0.5, 0.6) is 11.5 Å². The van der Waals surface area contributed by atoms with Crippen LogP contribution in [-0.2, 0) is 55.9 Å². The Labute approximate surface area is 547 Å². The van der Waals surface area contributed by atoms with Gasteiger partial charge in [-0.2, -0.15) is 0 Å². The lowest BCUT2D eigenvalue weighted by Crippen LogP contribution is -2.53. The van der Waals surface area contributed by atoms with Crippen LogP contribution in [0.1, 0.15) is 138 Å². The quantitative estimate of drug-likeness (QED) is 0.0178. The maximum absolute atomic E-state index is 14.6. The number of nitrogens with zero attached hydrogens (tertiary/aromatic N) is 2. The SMILES string of the molecule is CCC(C)(C)C(=O)C(=O)N1CCCC[C@H]1C(=O)O[C@H](CCc1ccc(OC)c(OC)c1)c1cccc(NC(=O)CCC(=O)NCCCCCCCC(=O)N[C@@H](Cc2ccccc2)C(=O)N2C/C(=C\c3ccc(Cl)c(Cl)c3)C(=O)/C(=C/c3ccc(Cl)c(Cl)c3)C2)c1. The van der Waals surface area contributed by atoms with Crippen LogP contribution in [0.2, 0.25) is 20.1 Å². The van der Waals surface area contributed by atoms with Crippen molar-refractivity contribution in [2.24, 2.45) is 5.41 Å². The highest BCUT2D eigenvalue weighted by Crippen LogP contribution is 2.34. The minimum Gasteiger partial charge on any atom is -0.493 e. The van der Waals surface area contributed by atoms with Crippen molar-refractivity contribution >= 4 is 111 Å². The highest BCUT2D eigenvalue weighted by atomic mass is 35.5. The zero-order valence-corrected chi connectivity index (χ0v) is 54.6. The van der Waals surface area contributed by atoms with Gasteiger partial charge in [-0.3, -0.25) is 33.6 Å². The summed E-state index contributed by atoms with van der Waals surface area (Å²) >= 11 is 25.1. The van der Waals surface area contributed by atoms with E-state index in [1.807, 2.05) is 49.4 Å². The van der Waals surface area contributed by atoms with Gasteiger partial charge in [0.2, 0.25) is 29.4 Å². The third-order valence-electron chi connectivity index (χ3n) is 16.3. The normalized spacial score (nSPS) is 15.8. The van der Waals surface area contributed by atoms with Crippen molar-refractivity contribution in [2.75, 3.05) is 45.7 Å². The molecule has 90 heavy (non-hydrogen) atoms. The Morgan fingerprint density at radius 2 is 1.31 bits per heavy atom. The third kappa shape index (κ3) is 20.3. The van der Waals surface area contributed by atoms with Gasteiger partial charge in [-0.15, -0.1) is 0 Å². The number of halogens is 4. The second-order valence-corrected chi connectivity index (χ2v) is 24.9. The first-order chi connectivity index (χ1) is 43.2. The number of ether oxygens (including phenoxy) is 3. The van der Waals surface area contributed by atoms with E-state index in [0.717, 1.165) is 30.4 Å². The second kappa shape index (κ2) is 34.1. The number of rotatable bonds is 29. The number of piperidine rings is 2. The standard InChI is InChI=1S/C70H79Cl4N5O11/c1-6-70(2,3)66(84)68(86)79-35-16-14-22-58(79)69(87)90-59(30-26-46-27-31-60(88-4)61(41-46)89-5)49-20-17-21-52(42-49)76-64(82)33-32-62(80)75-34-15-9-7-8-13-23-63(81)77-57(40-45-18-11-10-12-19-45)67(85)78-43-50(36-47-24-28-53(71)55(73)38-47)65(83)51(44-78)37-48-25-29-54(72)56(74)39-48/h10-12,17-21,24-25,27-29,31,36-39,41-42,57-59H,6-9,13-16,22-23,26,30,32-35,40,43-44H2,1-5H3,(H,75,80)(H,76,82)(H,77,81)/b50-36+,51-37+/t57-,58-,59+/m0/s1. The summed E-state index contributed by atoms with van der Waals surface area (Å²) < 4.78 is 17.2. The number of nitrogens with one attached hydrogen (secondary N) is 3. The average Bonchev–Trinajstić information content (AvgIpc) is 0.934. The predicted molar refractivity (Wildman–Crippen MR) is 353 cm³/mol. The van der Waals surface area contributed by atoms with Crippen molar-refractivity contribution in [2.45, 2.75) is 135 Å². The van der Waals surface area contributed by atoms with Gasteiger partial charge < -0.3 is 40.0 Å². The van der Waals surface area contributed by atoms with E-state index in [-0.39, 0.29) is 74.7 Å². The molecular formula is C70H79Cl4N5O11. The number of unbranched alkanes of at least 4 members (excludes halogenated alkanes) is 4. The van der Waals surface area contributed by atoms with Crippen molar-refractivity contribution in [1.29, 1.82) is 0 Å². The largest absolute Gasteiger partial charge is 0.493 e. The molecule has 2 heterocycles. The number of hydrogen-bond donors (Lipinski definition) is 3. The number of likely N-dealkylation sites (tertiary alicyclic amines) is 2. The van der Waals surface area contributed by atoms with Gasteiger partial charge >= 0.3 is 5.97 Å². The van der Waals surface area contributed by atoms with Gasteiger partial charge in [-0.05, 0) is 140 Å². The van der Waals surface area contributed by atoms with Gasteiger partial charge in [0, 0.05) is 74.1 Å². The van der Waals surface area contributed by atoms with Crippen LogP contribution in [-0.4, -0.2) is 109 Å². The summed E-state index contributed by atoms with van der Waals surface area (Å²) in [4.78, 5) is 112. The Kier molecular flexibility index (Phi) is 26.5. The summed E-state index contributed by atoms with van der Waals surface area (Å²) in [5.74, 6) is -2.29. The molecule has 5 amide bonds. The molecule has 0 aromatic heterocycles. The van der Waals surface area contributed by atoms with Crippen LogP contribution in [0.15, 0.2) is 120 Å². The second-order valence-electron chi connectivity index (χ2n) is 23.3. The molecule has 0 radical (unpaired) electrons. The predicted octanol–water partition coefficient (Wildman–Crippen LogP) is 13.4. The summed E-state index contributed by atoms with van der Waals surface area (Å²) in [5, 5.41) is 10.1. The molecule has 0 spiro atoms. The lowest BCUT2D eigenvalue weighted by molar-refractivity contribution is -0.164. The lowest BCUT2D eigenvalue weighted by atomic mass is 9.84. The number of aryl methyl sites for hydroxylation is 1. The molecule has 5 aromatic carbocycles. The van der Waals surface area contributed by atoms with Crippen molar-refractivity contribution in [3.05, 3.63) is 168 Å². The molecule has 0 unspecified atom stereocenters. The molecule has 2 aliphatic rings. The van der Waals surface area contributed by atoms with Crippen LogP contribution in [0.3, 0.4) is 0 Å². The van der Waals surface area contributed by atoms with Gasteiger partial charge in [0.05, 0.1) is 34.3 Å². The highest BCUT2D eigenvalue weighted by Gasteiger charge is 2.41. The van der Waals surface area contributed by atoms with Crippen molar-refractivity contribution in [3.63, 3.8) is 0 Å². The Morgan fingerprint density at radius 1 is 0.667 bits per heavy atom. The summed E-state index contributed by atoms with van der Waals surface area (Å²) in [6.07, 6.45) is 9.37. The van der Waals surface area contributed by atoms with E-state index in [2.05, 4.69) is 16.0 Å². The number of methoxy groups -OCH3 is 2. The minimum absolute atomic E-state index is 0.0183. The van der Waals surface area contributed by atoms with E-state index < -0.39 is 41.3 Å². The van der Waals surface area contributed by atoms with Crippen LogP contribution in [0.25, 0.3) is 12.2 Å². The van der Waals surface area contributed by atoms with Crippen LogP contribution >= 0.6 is 46.4 Å². The first-order valence-corrected chi connectivity index (χ1v) is 32.1. The average molecular weight is 1310 g/mol. The molecule has 16 nitrogen and oxygen atoms in total. The van der Waals surface area contributed by atoms with E-state index in [1.165, 1.54) is 4.90 Å². The fourth-order valence-electron chi connectivity index (χ4n) is 10.7. The molecule has 0 saturated carbocycles. The third-order valence-corrected chi connectivity index (χ3v) is 17.7. The van der Waals surface area contributed by atoms with Crippen molar-refractivity contribution in [1.82, 2.24) is 20.4 Å². The van der Waals surface area contributed by atoms with E-state index in [4.69, 9.17) is 60.6 Å². The fourth-order valence-corrected chi connectivity index (χ4v) is 11.3. The van der Waals surface area contributed by atoms with Crippen LogP contribution in [0.4, 0.5) is 5.69 Å². The van der Waals surface area contributed by atoms with Gasteiger partial charge in [0.1, 0.15) is 18.2 Å². The molecule has 5 aromatic rings. The molecule has 7 rings (SSSR count). The number of benzene rings is 5. The molecule has 20 heteroatoms. The van der Waals surface area contributed by atoms with E-state index in [9.17, 15) is 38.4 Å². The van der Waals surface area contributed by atoms with E-state index >= 15 is 0 Å². The maximum atomic E-state index is 14.6. The van der Waals surface area contributed by atoms with Crippen molar-refractivity contribution in [3.8, 4) is 11.5 Å². The molecule has 478 valence electrons. The number of carbonyl (C=O) groups is 8. The Hall–Kier alpha value is -7.50. The first kappa shape index (κ1) is 70.0. The van der Waals surface area contributed by atoms with Crippen LogP contribution < -0.4 is 25.4 Å². The molecular weight excluding hydrogens is 1230 g/mol. The Morgan fingerprint density at radius 3 is 1.96 bits per heavy atom. The fraction of sp³-hybridized carbons (Fsp3) is 0.400. The van der Waals surface area contributed by atoms with Gasteiger partial charge in [0.25, 0.3) is 5.91 Å². The van der Waals surface area contributed by atoms with E-state index in [0.29, 0.717) is 123 Å². The smallest absolute Gasteiger partial charge is 0.329 e. The summed E-state index contributed by atoms with van der Waals surface area (Å²) in [5.41, 5.74) is 3.82. The van der Waals surface area contributed by atoms with Gasteiger partial charge in [-0.1, -0.05) is 147 Å². The zero-order valence-electron chi connectivity index (χ0n) is 51.6. The van der Waals surface area contributed by atoms with Gasteiger partial charge in [-0.25, -0.2) is 4.79 Å². The number of Topliss-reactive ketones (excluding diaryl/α,β-unsaturated/α-hetero) is 2. The number of hydrogen-bond acceptors (Lipinski definition) is 11. The summed E-state index contributed by atoms with van der Waals surface area (Å²) in [6, 6.07) is 30.1. The summed E-state index contributed by atoms with van der Waals surface area (Å²) in [6.45, 7) is 5.93. The molecule has 3 N–H and O–H groups in total. The lowest BCUT2D eigenvalue weighted by Gasteiger charge is -2.36. The van der Waals surface area contributed by atoms with E-state index in [1.54, 1.807) is 112 Å². The maximum Gasteiger partial charge on any atom is 0.329 e. The number of esters is 1. The molecule has 2 fully saturated rings. The minimum atomic E-state index is -0.940. The number of ketones is 2. The first-order valence-electron chi connectivity index (χ1n) is 30.6. The highest BCUT2D eigenvalue weighted by molar-refractivity contribution is 6.42. The monoisotopic (exact) mass is 1310 g/mol. The number of anilines is 1. The van der Waals surface area contributed by atoms with Crippen LogP contribution in [0, 0.1) is 5.41 Å². The van der Waals surface area contributed by atoms with Gasteiger partial charge in [0.15, 0.2) is 17.3 Å². The topological polar surface area (TPSA) is 207 Å². The Balaban J connectivity index is 0.882. The molecule has 0 bridgehead atoms. The molecule has 2 aliphatic heterocycles. The Bertz CT molecular complexity index is 3390.